The number of rotatable bonds is 3. The molecule has 1 aromatic heterocycles. The van der Waals surface area contributed by atoms with Gasteiger partial charge in [-0.05, 0) is 109 Å². The molecule has 2 nitrogen and oxygen atoms in total. The summed E-state index contributed by atoms with van der Waals surface area (Å²) in [5, 5.41) is 11.9. The zero-order chi connectivity index (χ0) is 24.6. The maximum Gasteiger partial charge on any atom is 0.0991 e. The maximum absolute atomic E-state index is 9.31. The smallest absolute Gasteiger partial charge is 0.0991 e. The van der Waals surface area contributed by atoms with E-state index in [2.05, 4.69) is 95.6 Å². The molecule has 180 valence electrons. The molecule has 4 fully saturated rings. The van der Waals surface area contributed by atoms with Crippen molar-refractivity contribution >= 4 is 21.8 Å². The Morgan fingerprint density at radius 2 is 1.11 bits per heavy atom. The van der Waals surface area contributed by atoms with Crippen molar-refractivity contribution in [3.63, 3.8) is 0 Å². The molecule has 0 spiro atoms. The number of nitriles is 1. The quantitative estimate of drug-likeness (QED) is 0.256. The van der Waals surface area contributed by atoms with Gasteiger partial charge in [0, 0.05) is 16.5 Å². The molecule has 2 unspecified atom stereocenters. The number of hydrogen-bond acceptors (Lipinski definition) is 1. The zero-order valence-electron chi connectivity index (χ0n) is 21.0. The van der Waals surface area contributed by atoms with Gasteiger partial charge in [-0.15, -0.1) is 0 Å². The summed E-state index contributed by atoms with van der Waals surface area (Å²) in [4.78, 5) is 0. The average Bonchev–Trinajstić information content (AvgIpc) is 3.27. The van der Waals surface area contributed by atoms with Crippen LogP contribution in [0.4, 0.5) is 0 Å². The summed E-state index contributed by atoms with van der Waals surface area (Å²) in [6, 6.07) is 38.0. The van der Waals surface area contributed by atoms with E-state index in [0.717, 1.165) is 17.4 Å². The Hall–Kier alpha value is -3.83. The lowest BCUT2D eigenvalue weighted by atomic mass is 9.42. The summed E-state index contributed by atoms with van der Waals surface area (Å²) in [5.74, 6) is 1.63. The lowest BCUT2D eigenvalue weighted by Crippen LogP contribution is -2.55. The van der Waals surface area contributed by atoms with Crippen LogP contribution in [0.2, 0.25) is 0 Å². The van der Waals surface area contributed by atoms with Gasteiger partial charge in [-0.25, -0.2) is 0 Å². The third-order valence-corrected chi connectivity index (χ3v) is 10.0. The predicted molar refractivity (Wildman–Crippen MR) is 150 cm³/mol. The van der Waals surface area contributed by atoms with Crippen molar-refractivity contribution < 1.29 is 0 Å². The second-order valence-corrected chi connectivity index (χ2v) is 12.1. The van der Waals surface area contributed by atoms with Gasteiger partial charge >= 0.3 is 0 Å². The third-order valence-electron chi connectivity index (χ3n) is 10.0. The molecule has 0 N–H and O–H groups in total. The minimum absolute atomic E-state index is 0.267. The number of para-hydroxylation sites is 2. The first-order chi connectivity index (χ1) is 18.2. The van der Waals surface area contributed by atoms with E-state index in [4.69, 9.17) is 0 Å². The molecule has 0 amide bonds. The third kappa shape index (κ3) is 3.04. The summed E-state index contributed by atoms with van der Waals surface area (Å²) in [6.45, 7) is 0. The van der Waals surface area contributed by atoms with Crippen LogP contribution in [-0.4, -0.2) is 4.57 Å². The van der Waals surface area contributed by atoms with E-state index < -0.39 is 0 Å². The van der Waals surface area contributed by atoms with E-state index in [1.165, 1.54) is 77.1 Å². The van der Waals surface area contributed by atoms with E-state index in [9.17, 15) is 5.26 Å². The minimum Gasteiger partial charge on any atom is -0.309 e. The number of nitrogens with zero attached hydrogens (tertiary/aromatic N) is 2. The molecule has 0 radical (unpaired) electrons. The summed E-state index contributed by atoms with van der Waals surface area (Å²) < 4.78 is 2.42. The van der Waals surface area contributed by atoms with Crippen LogP contribution in [0.1, 0.15) is 55.2 Å². The first-order valence-corrected chi connectivity index (χ1v) is 13.8. The highest BCUT2D eigenvalue weighted by Gasteiger charge is 2.58. The highest BCUT2D eigenvalue weighted by Crippen LogP contribution is 2.66. The van der Waals surface area contributed by atoms with Crippen molar-refractivity contribution in [3.8, 4) is 11.8 Å². The van der Waals surface area contributed by atoms with Gasteiger partial charge in [0.25, 0.3) is 0 Å². The molecule has 2 atom stereocenters. The Morgan fingerprint density at radius 1 is 0.622 bits per heavy atom. The molecule has 0 saturated heterocycles. The first-order valence-electron chi connectivity index (χ1n) is 13.8. The molecular weight excluding hydrogens is 448 g/mol. The molecule has 4 aliphatic carbocycles. The largest absolute Gasteiger partial charge is 0.309 e. The predicted octanol–water partition coefficient (Wildman–Crippen LogP) is 8.44. The minimum atomic E-state index is 0.267. The van der Waals surface area contributed by atoms with E-state index in [1.807, 2.05) is 12.1 Å². The van der Waals surface area contributed by atoms with Gasteiger partial charge in [0.15, 0.2) is 0 Å². The highest BCUT2D eigenvalue weighted by molar-refractivity contribution is 6.09. The van der Waals surface area contributed by atoms with Crippen molar-refractivity contribution in [1.82, 2.24) is 4.57 Å². The summed E-state index contributed by atoms with van der Waals surface area (Å²) in [7, 11) is 0. The van der Waals surface area contributed by atoms with Gasteiger partial charge in [-0.2, -0.15) is 5.26 Å². The fourth-order valence-electron chi connectivity index (χ4n) is 9.00. The van der Waals surface area contributed by atoms with Gasteiger partial charge in [0.2, 0.25) is 0 Å². The molecule has 4 saturated carbocycles. The monoisotopic (exact) mass is 478 g/mol. The van der Waals surface area contributed by atoms with E-state index in [0.29, 0.717) is 0 Å². The first kappa shape index (κ1) is 21.3. The molecule has 5 aromatic rings. The van der Waals surface area contributed by atoms with Crippen molar-refractivity contribution in [1.29, 1.82) is 5.26 Å². The van der Waals surface area contributed by atoms with Crippen LogP contribution in [0.15, 0.2) is 97.1 Å². The van der Waals surface area contributed by atoms with Crippen LogP contribution >= 0.6 is 0 Å². The van der Waals surface area contributed by atoms with Crippen LogP contribution in [-0.2, 0) is 10.8 Å². The molecule has 37 heavy (non-hydrogen) atoms. The van der Waals surface area contributed by atoms with Crippen LogP contribution in [0.3, 0.4) is 0 Å². The molecule has 9 rings (SSSR count). The van der Waals surface area contributed by atoms with Gasteiger partial charge in [-0.1, -0.05) is 60.7 Å². The Morgan fingerprint density at radius 3 is 1.62 bits per heavy atom. The van der Waals surface area contributed by atoms with Gasteiger partial charge in [0.05, 0.1) is 22.7 Å². The van der Waals surface area contributed by atoms with Crippen LogP contribution in [0.25, 0.3) is 27.5 Å². The van der Waals surface area contributed by atoms with Gasteiger partial charge in [-0.3, -0.25) is 0 Å². The van der Waals surface area contributed by atoms with E-state index in [1.54, 1.807) is 0 Å². The fraction of sp³-hybridized carbons (Fsp3) is 0.286. The average molecular weight is 479 g/mol. The fourth-order valence-corrected chi connectivity index (χ4v) is 9.00. The second kappa shape index (κ2) is 7.59. The Labute approximate surface area is 218 Å². The topological polar surface area (TPSA) is 28.7 Å². The van der Waals surface area contributed by atoms with Gasteiger partial charge in [0.1, 0.15) is 0 Å². The number of aromatic nitrogens is 1. The molecule has 4 aromatic carbocycles. The maximum atomic E-state index is 9.31. The van der Waals surface area contributed by atoms with Crippen molar-refractivity contribution in [2.24, 2.45) is 11.8 Å². The van der Waals surface area contributed by atoms with Crippen LogP contribution in [0.5, 0.6) is 0 Å². The number of benzene rings is 4. The van der Waals surface area contributed by atoms with Crippen molar-refractivity contribution in [3.05, 3.63) is 114 Å². The molecule has 1 heterocycles. The second-order valence-electron chi connectivity index (χ2n) is 12.1. The summed E-state index contributed by atoms with van der Waals surface area (Å²) in [6.07, 6.45) is 7.94. The SMILES string of the molecule is N#Cc1ccc(C23CC4CC(C2)CC(c2ccc(-n5c6ccccc6c6ccccc65)cc2)(C4)C3)cc1. The number of hydrogen-bond donors (Lipinski definition) is 0. The Kier molecular flexibility index (Phi) is 4.36. The van der Waals surface area contributed by atoms with E-state index >= 15 is 0 Å². The number of fused-ring (bicyclic) bond motifs is 3. The zero-order valence-corrected chi connectivity index (χ0v) is 21.0. The lowest BCUT2D eigenvalue weighted by Gasteiger charge is -2.62. The van der Waals surface area contributed by atoms with Crippen LogP contribution < -0.4 is 0 Å². The Balaban J connectivity index is 1.21. The summed E-state index contributed by atoms with van der Waals surface area (Å²) in [5.41, 5.74) is 8.09. The van der Waals surface area contributed by atoms with Crippen molar-refractivity contribution in [2.45, 2.75) is 49.4 Å². The molecular formula is C35H30N2. The van der Waals surface area contributed by atoms with Gasteiger partial charge < -0.3 is 4.57 Å². The lowest BCUT2D eigenvalue weighted by molar-refractivity contribution is -0.0281. The molecule has 0 aliphatic heterocycles. The Bertz CT molecular complexity index is 1630. The standard InChI is InChI=1S/C35H30N2/c36-22-24-9-11-27(12-10-24)34-18-25-17-26(19-34)21-35(20-25,23-34)28-13-15-29(16-14-28)37-32-7-3-1-5-30(32)31-6-2-4-8-33(31)37/h1-16,25-26H,17-21,23H2. The molecule has 2 heteroatoms. The highest BCUT2D eigenvalue weighted by atomic mass is 15.0. The van der Waals surface area contributed by atoms with E-state index in [-0.39, 0.29) is 10.8 Å². The summed E-state index contributed by atoms with van der Waals surface area (Å²) >= 11 is 0. The van der Waals surface area contributed by atoms with Crippen molar-refractivity contribution in [2.75, 3.05) is 0 Å². The van der Waals surface area contributed by atoms with Crippen LogP contribution in [0, 0.1) is 23.2 Å². The molecule has 4 bridgehead atoms. The molecule has 4 aliphatic rings. The normalized spacial score (nSPS) is 28.1.